The Balaban J connectivity index is 3.22. The monoisotopic (exact) mass is 175 g/mol. The molecule has 0 saturated carbocycles. The summed E-state index contributed by atoms with van der Waals surface area (Å²) in [6, 6.07) is 0. The molecule has 0 aromatic carbocycles. The van der Waals surface area contributed by atoms with Crippen molar-refractivity contribution in [3.8, 4) is 0 Å². The quantitative estimate of drug-likeness (QED) is 0.503. The maximum Gasteiger partial charge on any atom is 0.238 e. The maximum atomic E-state index is 10.6. The number of carbonyl (C=O) groups is 1. The van der Waals surface area contributed by atoms with Gasteiger partial charge >= 0.3 is 0 Å². The smallest absolute Gasteiger partial charge is 0.238 e. The minimum absolute atomic E-state index is 0.0259. The molecule has 0 aromatic rings. The fraction of sp³-hybridized carbons (Fsp3) is 0.625. The van der Waals surface area contributed by atoms with Gasteiger partial charge in [-0.05, 0) is 12.6 Å². The average molecular weight is 176 g/mol. The second-order valence-electron chi connectivity index (χ2n) is 2.25. The van der Waals surface area contributed by atoms with Crippen LogP contribution in [0.1, 0.15) is 26.2 Å². The van der Waals surface area contributed by atoms with Crippen molar-refractivity contribution in [2.24, 2.45) is 0 Å². The Hall–Kier alpha value is -0.500. The number of alkyl halides is 1. The number of hydrogen-bond donors (Lipinski definition) is 1. The van der Waals surface area contributed by atoms with Gasteiger partial charge in [-0.25, -0.2) is 0 Å². The van der Waals surface area contributed by atoms with E-state index >= 15 is 0 Å². The number of unbranched alkanes of at least 4 members (excludes halogenated alkanes) is 2. The Morgan fingerprint density at radius 2 is 2.36 bits per heavy atom. The lowest BCUT2D eigenvalue weighted by molar-refractivity contribution is -0.117. The van der Waals surface area contributed by atoms with Crippen LogP contribution in [0.15, 0.2) is 12.3 Å². The summed E-state index contributed by atoms with van der Waals surface area (Å²) in [5, 5.41) is 2.54. The Labute approximate surface area is 72.6 Å². The second-order valence-corrected chi connectivity index (χ2v) is 2.51. The van der Waals surface area contributed by atoms with E-state index in [0.29, 0.717) is 0 Å². The summed E-state index contributed by atoms with van der Waals surface area (Å²) in [6.07, 6.45) is 6.94. The third-order valence-electron chi connectivity index (χ3n) is 1.21. The molecule has 3 heteroatoms. The number of amides is 1. The molecule has 0 rings (SSSR count). The van der Waals surface area contributed by atoms with E-state index in [9.17, 15) is 4.79 Å². The summed E-state index contributed by atoms with van der Waals surface area (Å²) in [6.45, 7) is 2.13. The molecule has 64 valence electrons. The number of rotatable bonds is 5. The molecule has 0 fully saturated rings. The number of hydrogen-bond acceptors (Lipinski definition) is 1. The summed E-state index contributed by atoms with van der Waals surface area (Å²) in [5.74, 6) is -0.127. The highest BCUT2D eigenvalue weighted by molar-refractivity contribution is 6.27. The van der Waals surface area contributed by atoms with Gasteiger partial charge in [0.15, 0.2) is 0 Å². The predicted octanol–water partition coefficient (Wildman–Crippen LogP) is 2.05. The molecule has 0 radical (unpaired) electrons. The van der Waals surface area contributed by atoms with Crippen LogP contribution in [0.5, 0.6) is 0 Å². The third-order valence-corrected chi connectivity index (χ3v) is 1.45. The molecule has 0 aromatic heterocycles. The average Bonchev–Trinajstić information content (AvgIpc) is 2.04. The molecule has 0 aliphatic carbocycles. The van der Waals surface area contributed by atoms with E-state index in [-0.39, 0.29) is 11.8 Å². The highest BCUT2D eigenvalue weighted by Gasteiger charge is 1.90. The van der Waals surface area contributed by atoms with Gasteiger partial charge in [-0.2, -0.15) is 0 Å². The van der Waals surface area contributed by atoms with Crippen molar-refractivity contribution in [2.45, 2.75) is 26.2 Å². The van der Waals surface area contributed by atoms with Crippen molar-refractivity contribution in [2.75, 3.05) is 5.88 Å². The molecule has 0 bridgehead atoms. The zero-order valence-corrected chi connectivity index (χ0v) is 7.53. The van der Waals surface area contributed by atoms with Gasteiger partial charge < -0.3 is 5.32 Å². The van der Waals surface area contributed by atoms with Gasteiger partial charge in [-0.15, -0.1) is 11.6 Å². The highest BCUT2D eigenvalue weighted by atomic mass is 35.5. The van der Waals surface area contributed by atoms with Gasteiger partial charge in [-0.1, -0.05) is 25.8 Å². The number of carbonyl (C=O) groups excluding carboxylic acids is 1. The van der Waals surface area contributed by atoms with Gasteiger partial charge in [-0.3, -0.25) is 4.79 Å². The molecule has 2 nitrogen and oxygen atoms in total. The molecule has 0 atom stereocenters. The van der Waals surface area contributed by atoms with E-state index < -0.39 is 0 Å². The zero-order valence-electron chi connectivity index (χ0n) is 6.77. The van der Waals surface area contributed by atoms with Crippen LogP contribution in [0.25, 0.3) is 0 Å². The van der Waals surface area contributed by atoms with Crippen LogP contribution in [0.2, 0.25) is 0 Å². The van der Waals surface area contributed by atoms with Gasteiger partial charge in [0, 0.05) is 0 Å². The molecule has 1 amide bonds. The molecule has 0 unspecified atom stereocenters. The minimum Gasteiger partial charge on any atom is -0.332 e. The molecule has 0 saturated heterocycles. The third kappa shape index (κ3) is 7.40. The molecule has 11 heavy (non-hydrogen) atoms. The first-order valence-electron chi connectivity index (χ1n) is 3.81. The number of halogens is 1. The van der Waals surface area contributed by atoms with E-state index in [2.05, 4.69) is 12.2 Å². The van der Waals surface area contributed by atoms with Crippen LogP contribution < -0.4 is 5.32 Å². The lowest BCUT2D eigenvalue weighted by Gasteiger charge is -1.92. The largest absolute Gasteiger partial charge is 0.332 e. The van der Waals surface area contributed by atoms with Crippen LogP contribution in [0.3, 0.4) is 0 Å². The van der Waals surface area contributed by atoms with E-state index in [1.807, 2.05) is 6.08 Å². The fourth-order valence-electron chi connectivity index (χ4n) is 0.596. The van der Waals surface area contributed by atoms with Crippen molar-refractivity contribution in [1.29, 1.82) is 0 Å². The minimum atomic E-state index is -0.153. The summed E-state index contributed by atoms with van der Waals surface area (Å²) in [5.41, 5.74) is 0. The van der Waals surface area contributed by atoms with Gasteiger partial charge in [0.1, 0.15) is 5.88 Å². The Bertz CT molecular complexity index is 134. The van der Waals surface area contributed by atoms with Crippen molar-refractivity contribution >= 4 is 17.5 Å². The van der Waals surface area contributed by atoms with Gasteiger partial charge in [0.2, 0.25) is 5.91 Å². The van der Waals surface area contributed by atoms with Crippen LogP contribution in [-0.4, -0.2) is 11.8 Å². The Morgan fingerprint density at radius 1 is 1.64 bits per heavy atom. The molecular weight excluding hydrogens is 162 g/mol. The molecule has 0 heterocycles. The summed E-state index contributed by atoms with van der Waals surface area (Å²) in [7, 11) is 0. The van der Waals surface area contributed by atoms with Crippen molar-refractivity contribution < 1.29 is 4.79 Å². The standard InChI is InChI=1S/C8H14ClNO/c1-2-3-4-5-6-10-8(11)7-9/h5-6H,2-4,7H2,1H3,(H,10,11)/b6-5+. The summed E-state index contributed by atoms with van der Waals surface area (Å²) < 4.78 is 0. The molecule has 0 aliphatic rings. The molecule has 0 spiro atoms. The lowest BCUT2D eigenvalue weighted by Crippen LogP contribution is -2.17. The highest BCUT2D eigenvalue weighted by Crippen LogP contribution is 1.93. The predicted molar refractivity (Wildman–Crippen MR) is 47.5 cm³/mol. The van der Waals surface area contributed by atoms with Crippen LogP contribution >= 0.6 is 11.6 Å². The van der Waals surface area contributed by atoms with E-state index in [0.717, 1.165) is 12.8 Å². The van der Waals surface area contributed by atoms with Crippen LogP contribution in [-0.2, 0) is 4.79 Å². The SMILES string of the molecule is CCCC/C=C/NC(=O)CCl. The van der Waals surface area contributed by atoms with Crippen LogP contribution in [0, 0.1) is 0 Å². The number of allylic oxidation sites excluding steroid dienone is 1. The summed E-state index contributed by atoms with van der Waals surface area (Å²) >= 11 is 5.25. The van der Waals surface area contributed by atoms with Crippen molar-refractivity contribution in [3.63, 3.8) is 0 Å². The van der Waals surface area contributed by atoms with E-state index in [4.69, 9.17) is 11.6 Å². The first-order chi connectivity index (χ1) is 5.31. The maximum absolute atomic E-state index is 10.6. The molecule has 0 aliphatic heterocycles. The topological polar surface area (TPSA) is 29.1 Å². The Morgan fingerprint density at radius 3 is 2.91 bits per heavy atom. The Kier molecular flexibility index (Phi) is 7.26. The van der Waals surface area contributed by atoms with E-state index in [1.54, 1.807) is 6.20 Å². The zero-order chi connectivity index (χ0) is 8.53. The van der Waals surface area contributed by atoms with Crippen molar-refractivity contribution in [3.05, 3.63) is 12.3 Å². The lowest BCUT2D eigenvalue weighted by atomic mass is 10.2. The molecule has 1 N–H and O–H groups in total. The first kappa shape index (κ1) is 10.5. The second kappa shape index (κ2) is 7.61. The van der Waals surface area contributed by atoms with Crippen molar-refractivity contribution in [1.82, 2.24) is 5.32 Å². The normalized spacial score (nSPS) is 10.4. The van der Waals surface area contributed by atoms with E-state index in [1.165, 1.54) is 6.42 Å². The van der Waals surface area contributed by atoms with Gasteiger partial charge in [0.05, 0.1) is 0 Å². The summed E-state index contributed by atoms with van der Waals surface area (Å²) in [4.78, 5) is 10.6. The van der Waals surface area contributed by atoms with Crippen LogP contribution in [0.4, 0.5) is 0 Å². The number of nitrogens with one attached hydrogen (secondary N) is 1. The first-order valence-corrected chi connectivity index (χ1v) is 4.35. The van der Waals surface area contributed by atoms with Gasteiger partial charge in [0.25, 0.3) is 0 Å². The fourth-order valence-corrected chi connectivity index (χ4v) is 0.673. The molecular formula is C8H14ClNO.